The van der Waals surface area contributed by atoms with Crippen molar-refractivity contribution in [1.82, 2.24) is 10.9 Å². The van der Waals surface area contributed by atoms with Crippen molar-refractivity contribution in [3.63, 3.8) is 0 Å². The van der Waals surface area contributed by atoms with Crippen molar-refractivity contribution >= 4 is 24.1 Å². The van der Waals surface area contributed by atoms with Crippen molar-refractivity contribution < 1.29 is 14.8 Å². The largest absolute Gasteiger partial charge is 0.288 e. The summed E-state index contributed by atoms with van der Waals surface area (Å²) in [5.74, 6) is -0.969. The lowest BCUT2D eigenvalue weighted by molar-refractivity contribution is -0.124. The minimum absolute atomic E-state index is 0.342. The molecule has 6 nitrogen and oxygen atoms in total. The molecule has 0 spiro atoms. The number of rotatable bonds is 6. The molecule has 0 saturated carbocycles. The summed E-state index contributed by atoms with van der Waals surface area (Å²) < 4.78 is 0. The van der Waals surface area contributed by atoms with E-state index in [1.54, 1.807) is 30.5 Å². The number of hydroxylamine groups is 1. The molecule has 0 aliphatic rings. The maximum Gasteiger partial charge on any atom is 0.271 e. The molecule has 3 rings (SSSR count). The SMILES string of the molecule is O=C(C=Cc1ccc(C(=O)NN=Cc2ccc(-c3ccccc3)cc2)cc1)NO. The van der Waals surface area contributed by atoms with Crippen LogP contribution in [0.5, 0.6) is 0 Å². The predicted octanol–water partition coefficient (Wildman–Crippen LogP) is 3.64. The van der Waals surface area contributed by atoms with E-state index in [1.165, 1.54) is 17.6 Å². The third kappa shape index (κ3) is 5.72. The molecule has 0 saturated heterocycles. The smallest absolute Gasteiger partial charge is 0.271 e. The Hall–Kier alpha value is -4.03. The molecular weight excluding hydrogens is 366 g/mol. The second-order valence-electron chi connectivity index (χ2n) is 6.12. The highest BCUT2D eigenvalue weighted by Gasteiger charge is 2.03. The molecular formula is C23H19N3O3. The molecule has 0 fully saturated rings. The van der Waals surface area contributed by atoms with Gasteiger partial charge in [-0.25, -0.2) is 10.9 Å². The zero-order valence-electron chi connectivity index (χ0n) is 15.4. The molecule has 144 valence electrons. The van der Waals surface area contributed by atoms with Crippen LogP contribution in [-0.4, -0.2) is 23.2 Å². The molecule has 0 aliphatic heterocycles. The fourth-order valence-electron chi connectivity index (χ4n) is 2.58. The first-order valence-electron chi connectivity index (χ1n) is 8.87. The zero-order valence-corrected chi connectivity index (χ0v) is 15.4. The van der Waals surface area contributed by atoms with Crippen LogP contribution in [0.4, 0.5) is 0 Å². The van der Waals surface area contributed by atoms with E-state index in [4.69, 9.17) is 5.21 Å². The molecule has 0 aromatic heterocycles. The molecule has 0 bridgehead atoms. The number of amides is 2. The Labute approximate surface area is 168 Å². The number of carbonyl (C=O) groups is 2. The van der Waals surface area contributed by atoms with Gasteiger partial charge in [-0.2, -0.15) is 5.10 Å². The van der Waals surface area contributed by atoms with Gasteiger partial charge in [0.2, 0.25) is 0 Å². The van der Waals surface area contributed by atoms with Gasteiger partial charge in [-0.1, -0.05) is 66.7 Å². The molecule has 29 heavy (non-hydrogen) atoms. The Morgan fingerprint density at radius 1 is 0.793 bits per heavy atom. The van der Waals surface area contributed by atoms with Crippen LogP contribution in [0.3, 0.4) is 0 Å². The topological polar surface area (TPSA) is 90.8 Å². The van der Waals surface area contributed by atoms with Gasteiger partial charge in [-0.05, 0) is 40.5 Å². The number of hydrogen-bond acceptors (Lipinski definition) is 4. The molecule has 0 atom stereocenters. The first kappa shape index (κ1) is 19.7. The zero-order chi connectivity index (χ0) is 20.5. The third-order valence-electron chi connectivity index (χ3n) is 4.11. The van der Waals surface area contributed by atoms with Gasteiger partial charge in [0.1, 0.15) is 0 Å². The molecule has 0 unspecified atom stereocenters. The number of hydrazone groups is 1. The summed E-state index contributed by atoms with van der Waals surface area (Å²) >= 11 is 0. The highest BCUT2D eigenvalue weighted by atomic mass is 16.5. The van der Waals surface area contributed by atoms with Crippen LogP contribution >= 0.6 is 0 Å². The van der Waals surface area contributed by atoms with Gasteiger partial charge in [0.05, 0.1) is 6.21 Å². The lowest BCUT2D eigenvalue weighted by Crippen LogP contribution is -2.17. The fraction of sp³-hybridized carbons (Fsp3) is 0. The summed E-state index contributed by atoms with van der Waals surface area (Å²) in [6.07, 6.45) is 4.28. The summed E-state index contributed by atoms with van der Waals surface area (Å²) in [4.78, 5) is 23.1. The van der Waals surface area contributed by atoms with Gasteiger partial charge < -0.3 is 0 Å². The van der Waals surface area contributed by atoms with E-state index < -0.39 is 5.91 Å². The molecule has 3 aromatic carbocycles. The first-order chi connectivity index (χ1) is 14.2. The van der Waals surface area contributed by atoms with E-state index in [9.17, 15) is 9.59 Å². The van der Waals surface area contributed by atoms with Gasteiger partial charge in [0.15, 0.2) is 0 Å². The Bertz CT molecular complexity index is 1030. The summed E-state index contributed by atoms with van der Waals surface area (Å²) in [7, 11) is 0. The maximum atomic E-state index is 12.2. The van der Waals surface area contributed by atoms with Crippen molar-refractivity contribution in [1.29, 1.82) is 0 Å². The highest BCUT2D eigenvalue weighted by molar-refractivity contribution is 5.95. The molecule has 2 amide bonds. The number of benzene rings is 3. The van der Waals surface area contributed by atoms with E-state index in [2.05, 4.69) is 10.5 Å². The minimum atomic E-state index is -0.627. The van der Waals surface area contributed by atoms with E-state index in [1.807, 2.05) is 54.6 Å². The maximum absolute atomic E-state index is 12.2. The minimum Gasteiger partial charge on any atom is -0.288 e. The standard InChI is InChI=1S/C23H19N3O3/c27-22(26-29)15-10-17-6-13-21(14-7-17)23(28)25-24-16-18-8-11-20(12-9-18)19-4-2-1-3-5-19/h1-16,29H,(H,25,28)(H,26,27). The van der Waals surface area contributed by atoms with Gasteiger partial charge in [-0.15, -0.1) is 0 Å². The van der Waals surface area contributed by atoms with Crippen molar-refractivity contribution in [3.05, 3.63) is 102 Å². The van der Waals surface area contributed by atoms with Gasteiger partial charge in [-0.3, -0.25) is 14.8 Å². The van der Waals surface area contributed by atoms with Crippen molar-refractivity contribution in [2.24, 2.45) is 5.10 Å². The average Bonchev–Trinajstić information content (AvgIpc) is 2.78. The van der Waals surface area contributed by atoms with Crippen LogP contribution in [-0.2, 0) is 4.79 Å². The van der Waals surface area contributed by atoms with Gasteiger partial charge in [0, 0.05) is 11.6 Å². The number of hydrogen-bond donors (Lipinski definition) is 3. The molecule has 0 radical (unpaired) electrons. The Morgan fingerprint density at radius 3 is 2.07 bits per heavy atom. The van der Waals surface area contributed by atoms with E-state index in [-0.39, 0.29) is 5.91 Å². The first-order valence-corrected chi connectivity index (χ1v) is 8.87. The number of nitrogens with one attached hydrogen (secondary N) is 2. The predicted molar refractivity (Wildman–Crippen MR) is 112 cm³/mol. The Morgan fingerprint density at radius 2 is 1.41 bits per heavy atom. The summed E-state index contributed by atoms with van der Waals surface area (Å²) in [5.41, 5.74) is 8.26. The van der Waals surface area contributed by atoms with Crippen molar-refractivity contribution in [2.45, 2.75) is 0 Å². The highest BCUT2D eigenvalue weighted by Crippen LogP contribution is 2.18. The van der Waals surface area contributed by atoms with E-state index >= 15 is 0 Å². The molecule has 0 aliphatic carbocycles. The quantitative estimate of drug-likeness (QED) is 0.262. The van der Waals surface area contributed by atoms with E-state index in [0.717, 1.165) is 16.7 Å². The van der Waals surface area contributed by atoms with Crippen molar-refractivity contribution in [2.75, 3.05) is 0 Å². The van der Waals surface area contributed by atoms with Crippen LogP contribution in [0.1, 0.15) is 21.5 Å². The van der Waals surface area contributed by atoms with Crippen LogP contribution in [0.25, 0.3) is 17.2 Å². The van der Waals surface area contributed by atoms with E-state index in [0.29, 0.717) is 11.1 Å². The Balaban J connectivity index is 1.56. The van der Waals surface area contributed by atoms with Gasteiger partial charge >= 0.3 is 0 Å². The molecule has 3 aromatic rings. The van der Waals surface area contributed by atoms with Crippen molar-refractivity contribution in [3.8, 4) is 11.1 Å². The molecule has 3 N–H and O–H groups in total. The normalized spacial score (nSPS) is 10.9. The summed E-state index contributed by atoms with van der Waals surface area (Å²) in [5, 5.41) is 12.4. The lowest BCUT2D eigenvalue weighted by Gasteiger charge is -2.02. The average molecular weight is 385 g/mol. The number of nitrogens with zero attached hydrogens (tertiary/aromatic N) is 1. The fourth-order valence-corrected chi connectivity index (χ4v) is 2.58. The monoisotopic (exact) mass is 385 g/mol. The second-order valence-corrected chi connectivity index (χ2v) is 6.12. The number of carbonyl (C=O) groups excluding carboxylic acids is 2. The van der Waals surface area contributed by atoms with Crippen LogP contribution < -0.4 is 10.9 Å². The summed E-state index contributed by atoms with van der Waals surface area (Å²) in [6.45, 7) is 0. The lowest BCUT2D eigenvalue weighted by atomic mass is 10.0. The molecule has 0 heterocycles. The third-order valence-corrected chi connectivity index (χ3v) is 4.11. The van der Waals surface area contributed by atoms with Crippen LogP contribution in [0.15, 0.2) is 90.0 Å². The van der Waals surface area contributed by atoms with Gasteiger partial charge in [0.25, 0.3) is 11.8 Å². The van der Waals surface area contributed by atoms with Crippen LogP contribution in [0.2, 0.25) is 0 Å². The summed E-state index contributed by atoms with van der Waals surface area (Å²) in [6, 6.07) is 24.5. The van der Waals surface area contributed by atoms with Crippen LogP contribution in [0, 0.1) is 0 Å². The second kappa shape index (κ2) is 9.77. The Kier molecular flexibility index (Phi) is 6.65. The molecule has 6 heteroatoms.